The second kappa shape index (κ2) is 12.9. The van der Waals surface area contributed by atoms with Gasteiger partial charge < -0.3 is 26.6 Å². The van der Waals surface area contributed by atoms with Crippen molar-refractivity contribution in [2.24, 2.45) is 0 Å². The first-order chi connectivity index (χ1) is 9.73. The molecule has 1 rings (SSSR count). The van der Waals surface area contributed by atoms with Crippen LogP contribution in [0, 0.1) is 0 Å². The Hall–Kier alpha value is 0.400. The van der Waals surface area contributed by atoms with Gasteiger partial charge in [0.1, 0.15) is 6.54 Å². The van der Waals surface area contributed by atoms with Crippen molar-refractivity contribution in [3.63, 3.8) is 0 Å². The largest absolute Gasteiger partial charge is 1.00 e. The number of rotatable bonds is 11. The van der Waals surface area contributed by atoms with Crippen molar-refractivity contribution in [1.29, 1.82) is 0 Å². The summed E-state index contributed by atoms with van der Waals surface area (Å²) in [6, 6.07) is 0.816. The number of hydrogen-bond acceptors (Lipinski definition) is 1. The second-order valence-electron chi connectivity index (χ2n) is 7.06. The first kappa shape index (κ1) is 21.4. The monoisotopic (exact) mass is 363 g/mol. The highest BCUT2D eigenvalue weighted by Crippen LogP contribution is 2.27. The minimum absolute atomic E-state index is 0. The summed E-state index contributed by atoms with van der Waals surface area (Å²) in [5.41, 5.74) is 0. The van der Waals surface area contributed by atoms with Gasteiger partial charge in [-0.15, -0.1) is 0 Å². The molecule has 1 aliphatic carbocycles. The molecule has 0 bridgehead atoms. The molecule has 0 aromatic heterocycles. The molecule has 3 heteroatoms. The highest BCUT2D eigenvalue weighted by atomic mass is 79.9. The van der Waals surface area contributed by atoms with Crippen molar-refractivity contribution in [3.8, 4) is 0 Å². The van der Waals surface area contributed by atoms with E-state index < -0.39 is 0 Å². The van der Waals surface area contributed by atoms with Gasteiger partial charge in [-0.2, -0.15) is 0 Å². The van der Waals surface area contributed by atoms with Crippen LogP contribution in [0.2, 0.25) is 0 Å². The van der Waals surface area contributed by atoms with Gasteiger partial charge >= 0.3 is 0 Å². The van der Waals surface area contributed by atoms with Crippen LogP contribution in [0.25, 0.3) is 0 Å². The number of nitrogens with zero attached hydrogens (tertiary/aromatic N) is 1. The highest BCUT2D eigenvalue weighted by molar-refractivity contribution is 4.67. The summed E-state index contributed by atoms with van der Waals surface area (Å²) in [4.78, 5) is 0. The maximum absolute atomic E-state index is 9.42. The van der Waals surface area contributed by atoms with Crippen molar-refractivity contribution in [1.82, 2.24) is 0 Å². The van der Waals surface area contributed by atoms with Crippen LogP contribution < -0.4 is 17.0 Å². The van der Waals surface area contributed by atoms with Crippen molar-refractivity contribution < 1.29 is 26.6 Å². The molecular weight excluding hydrogens is 326 g/mol. The molecule has 1 atom stereocenters. The lowest BCUT2D eigenvalue weighted by Crippen LogP contribution is -3.00. The Kier molecular flexibility index (Phi) is 13.1. The van der Waals surface area contributed by atoms with E-state index in [9.17, 15) is 5.11 Å². The van der Waals surface area contributed by atoms with Crippen LogP contribution in [0.3, 0.4) is 0 Å². The SMILES string of the molecule is CCCCCCCCC[N+](C)(CCO)C1CCCCC1.[Br-]. The molecule has 1 unspecified atom stereocenters. The van der Waals surface area contributed by atoms with Crippen LogP contribution in [0.4, 0.5) is 0 Å². The Labute approximate surface area is 143 Å². The standard InChI is InChI=1S/C18H38NO.BrH/c1-3-4-5-6-7-8-12-15-19(2,16-17-20)18-13-10-9-11-14-18;/h18,20H,3-17H2,1-2H3;1H/q+1;/p-1. The molecule has 0 spiro atoms. The fourth-order valence-corrected chi connectivity index (χ4v) is 3.84. The van der Waals surface area contributed by atoms with Gasteiger partial charge in [-0.05, 0) is 38.5 Å². The summed E-state index contributed by atoms with van der Waals surface area (Å²) in [6.07, 6.45) is 16.7. The van der Waals surface area contributed by atoms with Crippen LogP contribution in [-0.4, -0.2) is 42.4 Å². The highest BCUT2D eigenvalue weighted by Gasteiger charge is 2.32. The van der Waals surface area contributed by atoms with E-state index in [0.29, 0.717) is 6.61 Å². The van der Waals surface area contributed by atoms with Crippen molar-refractivity contribution in [3.05, 3.63) is 0 Å². The molecule has 128 valence electrons. The van der Waals surface area contributed by atoms with E-state index in [1.54, 1.807) is 0 Å². The van der Waals surface area contributed by atoms with Crippen molar-refractivity contribution in [2.45, 2.75) is 90.0 Å². The van der Waals surface area contributed by atoms with E-state index in [4.69, 9.17) is 0 Å². The number of aliphatic hydroxyl groups is 1. The molecule has 1 aliphatic rings. The smallest absolute Gasteiger partial charge is 0.102 e. The molecule has 0 radical (unpaired) electrons. The zero-order valence-electron chi connectivity index (χ0n) is 14.5. The van der Waals surface area contributed by atoms with Crippen LogP contribution in [-0.2, 0) is 0 Å². The fourth-order valence-electron chi connectivity index (χ4n) is 3.84. The Morgan fingerprint density at radius 2 is 1.43 bits per heavy atom. The summed E-state index contributed by atoms with van der Waals surface area (Å²) >= 11 is 0. The number of halogens is 1. The van der Waals surface area contributed by atoms with Gasteiger partial charge in [0, 0.05) is 0 Å². The lowest BCUT2D eigenvalue weighted by atomic mass is 9.92. The van der Waals surface area contributed by atoms with Gasteiger partial charge in [-0.3, -0.25) is 0 Å². The quantitative estimate of drug-likeness (QED) is 0.435. The molecule has 0 heterocycles. The average molecular weight is 364 g/mol. The van der Waals surface area contributed by atoms with Gasteiger partial charge in [-0.1, -0.05) is 45.4 Å². The Morgan fingerprint density at radius 3 is 2.00 bits per heavy atom. The number of aliphatic hydroxyl groups excluding tert-OH is 1. The van der Waals surface area contributed by atoms with E-state index in [1.807, 2.05) is 0 Å². The van der Waals surface area contributed by atoms with E-state index in [1.165, 1.54) is 83.6 Å². The Morgan fingerprint density at radius 1 is 0.857 bits per heavy atom. The average Bonchev–Trinajstić information content (AvgIpc) is 2.47. The van der Waals surface area contributed by atoms with E-state index in [2.05, 4.69) is 14.0 Å². The molecule has 0 aliphatic heterocycles. The number of hydrogen-bond donors (Lipinski definition) is 1. The predicted octanol–water partition coefficient (Wildman–Crippen LogP) is 1.51. The van der Waals surface area contributed by atoms with Gasteiger partial charge in [0.2, 0.25) is 0 Å². The first-order valence-corrected chi connectivity index (χ1v) is 9.18. The molecule has 21 heavy (non-hydrogen) atoms. The summed E-state index contributed by atoms with van der Waals surface area (Å²) in [5.74, 6) is 0. The summed E-state index contributed by atoms with van der Waals surface area (Å²) in [6.45, 7) is 4.87. The molecule has 0 saturated heterocycles. The van der Waals surface area contributed by atoms with E-state index >= 15 is 0 Å². The number of unbranched alkanes of at least 4 members (excludes halogenated alkanes) is 6. The summed E-state index contributed by atoms with van der Waals surface area (Å²) in [7, 11) is 2.39. The maximum atomic E-state index is 9.42. The van der Waals surface area contributed by atoms with Crippen LogP contribution in [0.5, 0.6) is 0 Å². The zero-order valence-corrected chi connectivity index (χ0v) is 16.0. The maximum Gasteiger partial charge on any atom is 0.102 e. The molecule has 0 aromatic carbocycles. The number of likely N-dealkylation sites (N-methyl/N-ethyl adjacent to an activating group) is 1. The minimum atomic E-state index is 0. The second-order valence-corrected chi connectivity index (χ2v) is 7.06. The molecule has 0 aromatic rings. The molecule has 1 N–H and O–H groups in total. The topological polar surface area (TPSA) is 20.2 Å². The Balaban J connectivity index is 0.00000400. The molecular formula is C18H38BrNO. The molecule has 1 fully saturated rings. The van der Waals surface area contributed by atoms with Crippen molar-refractivity contribution in [2.75, 3.05) is 26.7 Å². The summed E-state index contributed by atoms with van der Waals surface area (Å²) in [5, 5.41) is 9.42. The van der Waals surface area contributed by atoms with Gasteiger partial charge in [-0.25, -0.2) is 0 Å². The third-order valence-corrected chi connectivity index (χ3v) is 5.34. The first-order valence-electron chi connectivity index (χ1n) is 9.18. The van der Waals surface area contributed by atoms with Crippen LogP contribution in [0.1, 0.15) is 84.0 Å². The van der Waals surface area contributed by atoms with Gasteiger partial charge in [0.15, 0.2) is 0 Å². The third-order valence-electron chi connectivity index (χ3n) is 5.34. The molecule has 2 nitrogen and oxygen atoms in total. The van der Waals surface area contributed by atoms with Crippen molar-refractivity contribution >= 4 is 0 Å². The number of quaternary nitrogens is 1. The fraction of sp³-hybridized carbons (Fsp3) is 1.00. The minimum Gasteiger partial charge on any atom is -1.00 e. The van der Waals surface area contributed by atoms with E-state index in [0.717, 1.165) is 17.1 Å². The summed E-state index contributed by atoms with van der Waals surface area (Å²) < 4.78 is 1.13. The predicted molar refractivity (Wildman–Crippen MR) is 87.9 cm³/mol. The lowest BCUT2D eigenvalue weighted by molar-refractivity contribution is -0.935. The normalized spacial score (nSPS) is 19.0. The molecule has 0 amide bonds. The third kappa shape index (κ3) is 8.56. The van der Waals surface area contributed by atoms with Gasteiger partial charge in [0.25, 0.3) is 0 Å². The van der Waals surface area contributed by atoms with Crippen LogP contribution in [0.15, 0.2) is 0 Å². The van der Waals surface area contributed by atoms with E-state index in [-0.39, 0.29) is 17.0 Å². The Bertz CT molecular complexity index is 231. The molecule has 1 saturated carbocycles. The zero-order chi connectivity index (χ0) is 14.7. The van der Waals surface area contributed by atoms with Gasteiger partial charge in [0.05, 0.1) is 26.2 Å². The van der Waals surface area contributed by atoms with Crippen LogP contribution >= 0.6 is 0 Å². The lowest BCUT2D eigenvalue weighted by Gasteiger charge is -2.43.